The highest BCUT2D eigenvalue weighted by atomic mass is 35.5. The van der Waals surface area contributed by atoms with E-state index in [1.165, 1.54) is 13.2 Å². The lowest BCUT2D eigenvalue weighted by Gasteiger charge is -2.11. The molecule has 0 aliphatic rings. The maximum absolute atomic E-state index is 11.2. The predicted octanol–water partition coefficient (Wildman–Crippen LogP) is 3.37. The van der Waals surface area contributed by atoms with Crippen molar-refractivity contribution in [1.29, 1.82) is 0 Å². The number of carbonyl (C=O) groups is 1. The molecule has 0 saturated carbocycles. The Morgan fingerprint density at radius 1 is 1.30 bits per heavy atom. The maximum atomic E-state index is 11.2. The summed E-state index contributed by atoms with van der Waals surface area (Å²) in [5.74, 6) is -0.507. The zero-order valence-electron chi connectivity index (χ0n) is 10.7. The fourth-order valence-corrected chi connectivity index (χ4v) is 2.01. The van der Waals surface area contributed by atoms with Crippen LogP contribution in [0.3, 0.4) is 0 Å². The van der Waals surface area contributed by atoms with Crippen LogP contribution in [-0.2, 0) is 0 Å². The van der Waals surface area contributed by atoms with Gasteiger partial charge in [0.05, 0.1) is 23.4 Å². The molecule has 0 atom stereocenters. The Balaban J connectivity index is 2.35. The van der Waals surface area contributed by atoms with Gasteiger partial charge < -0.3 is 20.9 Å². The van der Waals surface area contributed by atoms with E-state index in [-0.39, 0.29) is 5.56 Å². The van der Waals surface area contributed by atoms with Crippen molar-refractivity contribution in [3.8, 4) is 5.75 Å². The van der Waals surface area contributed by atoms with E-state index in [1.807, 2.05) is 0 Å². The molecule has 0 fully saturated rings. The van der Waals surface area contributed by atoms with Crippen molar-refractivity contribution in [1.82, 2.24) is 0 Å². The number of nitrogens with two attached hydrogens (primary N) is 1. The van der Waals surface area contributed by atoms with Crippen LogP contribution >= 0.6 is 11.6 Å². The van der Waals surface area contributed by atoms with Gasteiger partial charge in [-0.2, -0.15) is 0 Å². The Morgan fingerprint density at radius 2 is 2.05 bits per heavy atom. The second kappa shape index (κ2) is 5.71. The van der Waals surface area contributed by atoms with Gasteiger partial charge in [-0.1, -0.05) is 11.6 Å². The quantitative estimate of drug-likeness (QED) is 0.752. The van der Waals surface area contributed by atoms with Crippen molar-refractivity contribution < 1.29 is 14.6 Å². The van der Waals surface area contributed by atoms with Crippen molar-refractivity contribution in [3.05, 3.63) is 47.0 Å². The number of rotatable bonds is 4. The number of hydrogen-bond donors (Lipinski definition) is 3. The summed E-state index contributed by atoms with van der Waals surface area (Å²) in [4.78, 5) is 11.2. The highest BCUT2D eigenvalue weighted by Crippen LogP contribution is 2.30. The van der Waals surface area contributed by atoms with Gasteiger partial charge in [0.1, 0.15) is 5.75 Å². The van der Waals surface area contributed by atoms with E-state index in [4.69, 9.17) is 27.2 Å². The number of halogens is 1. The Morgan fingerprint density at radius 3 is 2.65 bits per heavy atom. The van der Waals surface area contributed by atoms with Crippen LogP contribution in [0.25, 0.3) is 0 Å². The number of anilines is 3. The fraction of sp³-hybridized carbons (Fsp3) is 0.0714. The SMILES string of the molecule is COc1ccc(Nc2ccc(N)cc2C(=O)O)cc1Cl. The van der Waals surface area contributed by atoms with Gasteiger partial charge in [-0.3, -0.25) is 0 Å². The number of nitrogen functional groups attached to an aromatic ring is 1. The van der Waals surface area contributed by atoms with Crippen molar-refractivity contribution in [2.75, 3.05) is 18.2 Å². The van der Waals surface area contributed by atoms with Crippen LogP contribution in [0.15, 0.2) is 36.4 Å². The van der Waals surface area contributed by atoms with Crippen molar-refractivity contribution in [3.63, 3.8) is 0 Å². The summed E-state index contributed by atoms with van der Waals surface area (Å²) in [6.45, 7) is 0. The van der Waals surface area contributed by atoms with Gasteiger partial charge >= 0.3 is 5.97 Å². The molecule has 104 valence electrons. The first-order valence-electron chi connectivity index (χ1n) is 5.74. The van der Waals surface area contributed by atoms with E-state index < -0.39 is 5.97 Å². The number of aromatic carboxylic acids is 1. The zero-order valence-corrected chi connectivity index (χ0v) is 11.4. The first-order chi connectivity index (χ1) is 9.51. The molecule has 5 nitrogen and oxygen atoms in total. The number of nitrogens with one attached hydrogen (secondary N) is 1. The molecule has 0 saturated heterocycles. The number of methoxy groups -OCH3 is 1. The van der Waals surface area contributed by atoms with Crippen molar-refractivity contribution >= 4 is 34.6 Å². The zero-order chi connectivity index (χ0) is 14.7. The second-order valence-corrected chi connectivity index (χ2v) is 4.49. The third-order valence-corrected chi connectivity index (χ3v) is 3.00. The summed E-state index contributed by atoms with van der Waals surface area (Å²) in [7, 11) is 1.52. The third kappa shape index (κ3) is 2.95. The van der Waals surface area contributed by atoms with E-state index in [1.54, 1.807) is 30.3 Å². The summed E-state index contributed by atoms with van der Waals surface area (Å²) >= 11 is 6.02. The first-order valence-corrected chi connectivity index (χ1v) is 6.12. The minimum atomic E-state index is -1.06. The lowest BCUT2D eigenvalue weighted by atomic mass is 10.1. The Hall–Kier alpha value is -2.40. The topological polar surface area (TPSA) is 84.6 Å². The molecule has 2 aromatic rings. The Labute approximate surface area is 120 Å². The van der Waals surface area contributed by atoms with Crippen LogP contribution in [0.1, 0.15) is 10.4 Å². The monoisotopic (exact) mass is 292 g/mol. The standard InChI is InChI=1S/C14H13ClN2O3/c1-20-13-5-3-9(7-11(13)15)17-12-4-2-8(16)6-10(12)14(18)19/h2-7,17H,16H2,1H3,(H,18,19). The van der Waals surface area contributed by atoms with Crippen LogP contribution in [-0.4, -0.2) is 18.2 Å². The molecule has 4 N–H and O–H groups in total. The molecular formula is C14H13ClN2O3. The molecule has 0 heterocycles. The molecule has 20 heavy (non-hydrogen) atoms. The molecule has 0 spiro atoms. The van der Waals surface area contributed by atoms with Crippen molar-refractivity contribution in [2.45, 2.75) is 0 Å². The molecule has 0 aliphatic carbocycles. The molecule has 0 aromatic heterocycles. The highest BCUT2D eigenvalue weighted by molar-refractivity contribution is 6.32. The Kier molecular flexibility index (Phi) is 4.00. The van der Waals surface area contributed by atoms with Crippen LogP contribution in [0.4, 0.5) is 17.1 Å². The average Bonchev–Trinajstić information content (AvgIpc) is 2.41. The smallest absolute Gasteiger partial charge is 0.337 e. The van der Waals surface area contributed by atoms with E-state index >= 15 is 0 Å². The number of carboxylic acid groups (broad SMARTS) is 1. The fourth-order valence-electron chi connectivity index (χ4n) is 1.75. The number of carboxylic acids is 1. The maximum Gasteiger partial charge on any atom is 0.337 e. The third-order valence-electron chi connectivity index (χ3n) is 2.70. The van der Waals surface area contributed by atoms with Gasteiger partial charge in [-0.15, -0.1) is 0 Å². The van der Waals surface area contributed by atoms with Crippen LogP contribution in [0.5, 0.6) is 5.75 Å². The molecule has 2 rings (SSSR count). The highest BCUT2D eigenvalue weighted by Gasteiger charge is 2.11. The largest absolute Gasteiger partial charge is 0.495 e. The molecule has 0 bridgehead atoms. The Bertz CT molecular complexity index is 659. The summed E-state index contributed by atoms with van der Waals surface area (Å²) in [6.07, 6.45) is 0. The summed E-state index contributed by atoms with van der Waals surface area (Å²) in [5, 5.41) is 12.6. The number of ether oxygens (including phenoxy) is 1. The molecule has 0 radical (unpaired) electrons. The van der Waals surface area contributed by atoms with Gasteiger partial charge in [0.25, 0.3) is 0 Å². The van der Waals surface area contributed by atoms with E-state index in [2.05, 4.69) is 5.32 Å². The minimum absolute atomic E-state index is 0.0944. The van der Waals surface area contributed by atoms with Crippen LogP contribution in [0, 0.1) is 0 Å². The molecule has 0 amide bonds. The van der Waals surface area contributed by atoms with E-state index in [0.717, 1.165) is 0 Å². The van der Waals surface area contributed by atoms with E-state index in [0.29, 0.717) is 27.8 Å². The summed E-state index contributed by atoms with van der Waals surface area (Å²) in [6, 6.07) is 9.73. The molecular weight excluding hydrogens is 280 g/mol. The van der Waals surface area contributed by atoms with Gasteiger partial charge in [0.2, 0.25) is 0 Å². The summed E-state index contributed by atoms with van der Waals surface area (Å²) in [5.41, 5.74) is 7.17. The number of hydrogen-bond acceptors (Lipinski definition) is 4. The van der Waals surface area contributed by atoms with E-state index in [9.17, 15) is 4.79 Å². The van der Waals surface area contributed by atoms with Crippen molar-refractivity contribution in [2.24, 2.45) is 0 Å². The van der Waals surface area contributed by atoms with Gasteiger partial charge in [0, 0.05) is 11.4 Å². The molecule has 0 aliphatic heterocycles. The molecule has 2 aromatic carbocycles. The van der Waals surface area contributed by atoms with Crippen LogP contribution in [0.2, 0.25) is 5.02 Å². The van der Waals surface area contributed by atoms with Crippen LogP contribution < -0.4 is 15.8 Å². The van der Waals surface area contributed by atoms with Gasteiger partial charge in [-0.05, 0) is 36.4 Å². The average molecular weight is 293 g/mol. The number of benzene rings is 2. The molecule has 0 unspecified atom stereocenters. The summed E-state index contributed by atoms with van der Waals surface area (Å²) < 4.78 is 5.06. The lowest BCUT2D eigenvalue weighted by molar-refractivity contribution is 0.0698. The second-order valence-electron chi connectivity index (χ2n) is 4.08. The van der Waals surface area contributed by atoms with Gasteiger partial charge in [0.15, 0.2) is 0 Å². The normalized spacial score (nSPS) is 10.1. The molecule has 6 heteroatoms. The predicted molar refractivity (Wildman–Crippen MR) is 79.1 cm³/mol. The minimum Gasteiger partial charge on any atom is -0.495 e. The first kappa shape index (κ1) is 14.0. The lowest BCUT2D eigenvalue weighted by Crippen LogP contribution is -2.04. The van der Waals surface area contributed by atoms with Gasteiger partial charge in [-0.25, -0.2) is 4.79 Å².